The number of nitrogens with two attached hydrogens (primary N) is 1. The lowest BCUT2D eigenvalue weighted by molar-refractivity contribution is -0.118. The van der Waals surface area contributed by atoms with E-state index in [0.29, 0.717) is 6.42 Å². The summed E-state index contributed by atoms with van der Waals surface area (Å²) in [5.41, 5.74) is 5.09. The highest BCUT2D eigenvalue weighted by Crippen LogP contribution is 2.33. The van der Waals surface area contributed by atoms with Crippen LogP contribution < -0.4 is 5.73 Å². The van der Waals surface area contributed by atoms with Crippen molar-refractivity contribution < 1.29 is 4.79 Å². The van der Waals surface area contributed by atoms with Crippen LogP contribution in [0.2, 0.25) is 0 Å². The molecule has 1 aliphatic carbocycles. The zero-order valence-corrected chi connectivity index (χ0v) is 11.0. The van der Waals surface area contributed by atoms with E-state index in [-0.39, 0.29) is 5.91 Å². The fourth-order valence-electron chi connectivity index (χ4n) is 2.37. The Morgan fingerprint density at radius 2 is 1.93 bits per heavy atom. The summed E-state index contributed by atoms with van der Waals surface area (Å²) >= 11 is 3.77. The Labute approximate surface area is 101 Å². The largest absolute Gasteiger partial charge is 0.370 e. The van der Waals surface area contributed by atoms with Gasteiger partial charge in [0.2, 0.25) is 5.91 Å². The first-order valence-corrected chi connectivity index (χ1v) is 7.04. The van der Waals surface area contributed by atoms with Crippen LogP contribution in [0.15, 0.2) is 0 Å². The highest BCUT2D eigenvalue weighted by atomic mass is 79.9. The van der Waals surface area contributed by atoms with E-state index in [1.807, 2.05) is 0 Å². The Hall–Kier alpha value is -0.0500. The fourth-order valence-corrected chi connectivity index (χ4v) is 3.22. The second-order valence-electron chi connectivity index (χ2n) is 4.63. The Bertz CT molecular complexity index is 196. The first-order chi connectivity index (χ1) is 7.20. The summed E-state index contributed by atoms with van der Waals surface area (Å²) in [5.74, 6) is 0.707. The van der Waals surface area contributed by atoms with Crippen molar-refractivity contribution in [3.63, 3.8) is 0 Å². The first-order valence-electron chi connectivity index (χ1n) is 6.12. The summed E-state index contributed by atoms with van der Waals surface area (Å²) < 4.78 is 0. The number of halogens is 1. The molecule has 0 aromatic rings. The third-order valence-corrected chi connectivity index (χ3v) is 4.52. The lowest BCUT2D eigenvalue weighted by Gasteiger charge is -2.27. The molecular formula is C12H22BrNO. The van der Waals surface area contributed by atoms with E-state index in [1.54, 1.807) is 0 Å². The molecule has 2 nitrogen and oxygen atoms in total. The van der Waals surface area contributed by atoms with Gasteiger partial charge in [-0.25, -0.2) is 0 Å². The van der Waals surface area contributed by atoms with Crippen molar-refractivity contribution in [2.45, 2.75) is 62.6 Å². The summed E-state index contributed by atoms with van der Waals surface area (Å²) in [7, 11) is 0. The van der Waals surface area contributed by atoms with Gasteiger partial charge in [0.05, 0.1) is 0 Å². The predicted octanol–water partition coefficient (Wildman–Crippen LogP) is 3.38. The maximum Gasteiger partial charge on any atom is 0.217 e. The van der Waals surface area contributed by atoms with Gasteiger partial charge in [0, 0.05) is 11.2 Å². The van der Waals surface area contributed by atoms with Crippen molar-refractivity contribution in [2.24, 2.45) is 11.7 Å². The highest BCUT2D eigenvalue weighted by molar-refractivity contribution is 9.09. The maximum atomic E-state index is 10.5. The van der Waals surface area contributed by atoms with E-state index in [0.717, 1.165) is 23.6 Å². The number of carbonyl (C=O) groups is 1. The number of hydrogen-bond donors (Lipinski definition) is 1. The van der Waals surface area contributed by atoms with Gasteiger partial charge in [-0.15, -0.1) is 0 Å². The zero-order chi connectivity index (χ0) is 11.1. The third kappa shape index (κ3) is 5.55. The molecule has 2 atom stereocenters. The molecule has 1 saturated carbocycles. The number of hydrogen-bond acceptors (Lipinski definition) is 1. The van der Waals surface area contributed by atoms with Crippen LogP contribution in [0.5, 0.6) is 0 Å². The van der Waals surface area contributed by atoms with Crippen molar-refractivity contribution in [1.82, 2.24) is 0 Å². The normalized spacial score (nSPS) is 26.5. The molecule has 88 valence electrons. The molecule has 1 rings (SSSR count). The van der Waals surface area contributed by atoms with E-state index in [1.165, 1.54) is 38.5 Å². The second-order valence-corrected chi connectivity index (χ2v) is 5.80. The summed E-state index contributed by atoms with van der Waals surface area (Å²) in [5, 5.41) is 0. The van der Waals surface area contributed by atoms with Gasteiger partial charge in [0.1, 0.15) is 0 Å². The Balaban J connectivity index is 2.01. The average molecular weight is 276 g/mol. The Morgan fingerprint density at radius 3 is 2.60 bits per heavy atom. The van der Waals surface area contributed by atoms with Crippen molar-refractivity contribution in [3.8, 4) is 0 Å². The van der Waals surface area contributed by atoms with Crippen LogP contribution in [-0.2, 0) is 4.79 Å². The van der Waals surface area contributed by atoms with Gasteiger partial charge in [0.15, 0.2) is 0 Å². The van der Waals surface area contributed by atoms with Crippen molar-refractivity contribution in [2.75, 3.05) is 0 Å². The molecule has 0 aromatic carbocycles. The molecule has 0 aliphatic heterocycles. The molecule has 0 aromatic heterocycles. The Kier molecular flexibility index (Phi) is 6.30. The molecule has 2 N–H and O–H groups in total. The quantitative estimate of drug-likeness (QED) is 0.586. The topological polar surface area (TPSA) is 43.1 Å². The lowest BCUT2D eigenvalue weighted by atomic mass is 9.85. The van der Waals surface area contributed by atoms with Crippen LogP contribution in [0, 0.1) is 5.92 Å². The summed E-state index contributed by atoms with van der Waals surface area (Å²) in [6, 6.07) is 0. The number of amides is 1. The molecule has 0 saturated heterocycles. The second kappa shape index (κ2) is 7.26. The Morgan fingerprint density at radius 1 is 1.20 bits per heavy atom. The van der Waals surface area contributed by atoms with E-state index in [4.69, 9.17) is 5.73 Å². The van der Waals surface area contributed by atoms with E-state index < -0.39 is 0 Å². The zero-order valence-electron chi connectivity index (χ0n) is 9.38. The van der Waals surface area contributed by atoms with Gasteiger partial charge < -0.3 is 5.73 Å². The minimum absolute atomic E-state index is 0.161. The van der Waals surface area contributed by atoms with Crippen LogP contribution in [0.3, 0.4) is 0 Å². The van der Waals surface area contributed by atoms with Crippen molar-refractivity contribution in [3.05, 3.63) is 0 Å². The van der Waals surface area contributed by atoms with Gasteiger partial charge in [-0.1, -0.05) is 41.6 Å². The number of alkyl halides is 1. The molecule has 3 heteroatoms. The molecular weight excluding hydrogens is 254 g/mol. The molecule has 0 radical (unpaired) electrons. The average Bonchev–Trinajstić information content (AvgIpc) is 2.20. The van der Waals surface area contributed by atoms with Crippen LogP contribution in [0.25, 0.3) is 0 Å². The van der Waals surface area contributed by atoms with Gasteiger partial charge >= 0.3 is 0 Å². The molecule has 1 aliphatic rings. The van der Waals surface area contributed by atoms with E-state index in [9.17, 15) is 4.79 Å². The molecule has 0 heterocycles. The standard InChI is InChI=1S/C12H22BrNO/c13-11-8-5-4-7-10(11)6-2-1-3-9-12(14)15/h10-11H,1-9H2,(H2,14,15). The van der Waals surface area contributed by atoms with Crippen LogP contribution in [-0.4, -0.2) is 10.7 Å². The first kappa shape index (κ1) is 13.0. The van der Waals surface area contributed by atoms with Crippen molar-refractivity contribution >= 4 is 21.8 Å². The smallest absolute Gasteiger partial charge is 0.217 e. The number of rotatable bonds is 6. The monoisotopic (exact) mass is 275 g/mol. The van der Waals surface area contributed by atoms with E-state index in [2.05, 4.69) is 15.9 Å². The summed E-state index contributed by atoms with van der Waals surface area (Å²) in [6.07, 6.45) is 10.7. The fraction of sp³-hybridized carbons (Fsp3) is 0.917. The molecule has 0 bridgehead atoms. The predicted molar refractivity (Wildman–Crippen MR) is 67.0 cm³/mol. The van der Waals surface area contributed by atoms with E-state index >= 15 is 0 Å². The maximum absolute atomic E-state index is 10.5. The van der Waals surface area contributed by atoms with Crippen LogP contribution >= 0.6 is 15.9 Å². The molecule has 1 fully saturated rings. The minimum Gasteiger partial charge on any atom is -0.370 e. The van der Waals surface area contributed by atoms with Gasteiger partial charge in [0.25, 0.3) is 0 Å². The highest BCUT2D eigenvalue weighted by Gasteiger charge is 2.21. The minimum atomic E-state index is -0.161. The lowest BCUT2D eigenvalue weighted by Crippen LogP contribution is -2.19. The number of primary amides is 1. The SMILES string of the molecule is NC(=O)CCCCCC1CCCCC1Br. The molecule has 15 heavy (non-hydrogen) atoms. The van der Waals surface area contributed by atoms with Gasteiger partial charge in [-0.05, 0) is 31.6 Å². The van der Waals surface area contributed by atoms with Crippen LogP contribution in [0.1, 0.15) is 57.8 Å². The number of unbranched alkanes of at least 4 members (excludes halogenated alkanes) is 2. The molecule has 0 spiro atoms. The summed E-state index contributed by atoms with van der Waals surface area (Å²) in [4.78, 5) is 11.3. The molecule has 2 unspecified atom stereocenters. The third-order valence-electron chi connectivity index (χ3n) is 3.31. The van der Waals surface area contributed by atoms with Crippen LogP contribution in [0.4, 0.5) is 0 Å². The number of carbonyl (C=O) groups excluding carboxylic acids is 1. The van der Waals surface area contributed by atoms with Crippen molar-refractivity contribution in [1.29, 1.82) is 0 Å². The molecule has 1 amide bonds. The summed E-state index contributed by atoms with van der Waals surface area (Å²) in [6.45, 7) is 0. The van der Waals surface area contributed by atoms with Gasteiger partial charge in [-0.2, -0.15) is 0 Å². The van der Waals surface area contributed by atoms with Gasteiger partial charge in [-0.3, -0.25) is 4.79 Å².